The molecule has 0 heterocycles. The summed E-state index contributed by atoms with van der Waals surface area (Å²) in [6.07, 6.45) is 4.68. The van der Waals surface area contributed by atoms with Crippen LogP contribution in [0.15, 0.2) is 82.8 Å². The van der Waals surface area contributed by atoms with Crippen LogP contribution in [0.25, 0.3) is 0 Å². The van der Waals surface area contributed by atoms with E-state index in [1.165, 1.54) is 0 Å². The van der Waals surface area contributed by atoms with Crippen molar-refractivity contribution in [3.8, 4) is 5.75 Å². The normalized spacial score (nSPS) is 22.4. The van der Waals surface area contributed by atoms with E-state index in [9.17, 15) is 8.42 Å². The van der Waals surface area contributed by atoms with Gasteiger partial charge in [-0.2, -0.15) is 13.5 Å². The summed E-state index contributed by atoms with van der Waals surface area (Å²) in [4.78, 5) is 2.62. The van der Waals surface area contributed by atoms with Crippen molar-refractivity contribution in [2.24, 2.45) is 10.5 Å². The number of hydrogen-bond acceptors (Lipinski definition) is 4. The molecule has 2 atom stereocenters. The van der Waals surface area contributed by atoms with Crippen LogP contribution in [0, 0.1) is 19.3 Å². The van der Waals surface area contributed by atoms with E-state index in [1.54, 1.807) is 30.5 Å². The minimum atomic E-state index is -3.72. The highest BCUT2D eigenvalue weighted by molar-refractivity contribution is 7.89. The summed E-state index contributed by atoms with van der Waals surface area (Å²) in [6.45, 7) is 8.88. The van der Waals surface area contributed by atoms with Gasteiger partial charge in [-0.25, -0.2) is 4.83 Å². The topological polar surface area (TPSA) is 67.8 Å². The Balaban J connectivity index is 1.59. The van der Waals surface area contributed by atoms with Crippen molar-refractivity contribution in [1.29, 1.82) is 0 Å². The summed E-state index contributed by atoms with van der Waals surface area (Å²) in [5.74, 6) is 0.873. The molecule has 1 saturated carbocycles. The highest BCUT2D eigenvalue weighted by Gasteiger charge is 2.50. The molecular formula is C29H34N2O3S. The summed E-state index contributed by atoms with van der Waals surface area (Å²) < 4.78 is 31.8. The van der Waals surface area contributed by atoms with Crippen LogP contribution in [0.5, 0.6) is 5.75 Å². The zero-order valence-corrected chi connectivity index (χ0v) is 21.7. The van der Waals surface area contributed by atoms with E-state index in [-0.39, 0.29) is 15.7 Å². The lowest BCUT2D eigenvalue weighted by atomic mass is 9.64. The van der Waals surface area contributed by atoms with Gasteiger partial charge < -0.3 is 4.74 Å². The van der Waals surface area contributed by atoms with Gasteiger partial charge in [-0.3, -0.25) is 0 Å². The average molecular weight is 491 g/mol. The van der Waals surface area contributed by atoms with Gasteiger partial charge in [-0.15, -0.1) is 0 Å². The number of rotatable bonds is 8. The highest BCUT2D eigenvalue weighted by Crippen LogP contribution is 2.55. The summed E-state index contributed by atoms with van der Waals surface area (Å²) in [5.41, 5.74) is 3.79. The molecule has 3 aromatic carbocycles. The van der Waals surface area contributed by atoms with Crippen LogP contribution in [0.3, 0.4) is 0 Å². The molecule has 184 valence electrons. The summed E-state index contributed by atoms with van der Waals surface area (Å²) >= 11 is 0. The van der Waals surface area contributed by atoms with Gasteiger partial charge in [0.15, 0.2) is 0 Å². The lowest BCUT2D eigenvalue weighted by Crippen LogP contribution is -2.39. The zero-order chi connectivity index (χ0) is 25.1. The van der Waals surface area contributed by atoms with Crippen molar-refractivity contribution in [1.82, 2.24) is 4.83 Å². The molecule has 6 heteroatoms. The van der Waals surface area contributed by atoms with Gasteiger partial charge in [0.1, 0.15) is 12.4 Å². The SMILES string of the molecule is Cc1ccc(S(=O)(=O)N/N=C/[C@@]2(C)CCC[C@@]2(C)c2ccc(C)cc2OCc2ccccc2)cc1. The molecule has 0 saturated heterocycles. The number of benzene rings is 3. The molecule has 0 amide bonds. The quantitative estimate of drug-likeness (QED) is 0.298. The maximum Gasteiger partial charge on any atom is 0.276 e. The van der Waals surface area contributed by atoms with E-state index >= 15 is 0 Å². The van der Waals surface area contributed by atoms with Crippen molar-refractivity contribution in [3.63, 3.8) is 0 Å². The van der Waals surface area contributed by atoms with Crippen LogP contribution >= 0.6 is 0 Å². The maximum absolute atomic E-state index is 12.7. The lowest BCUT2D eigenvalue weighted by molar-refractivity contribution is 0.263. The number of hydrogen-bond donors (Lipinski definition) is 1. The number of ether oxygens (including phenoxy) is 1. The smallest absolute Gasteiger partial charge is 0.276 e. The minimum Gasteiger partial charge on any atom is -0.489 e. The Labute approximate surface area is 209 Å². The second-order valence-electron chi connectivity index (χ2n) is 10.0. The van der Waals surface area contributed by atoms with Crippen LogP contribution in [0.2, 0.25) is 0 Å². The van der Waals surface area contributed by atoms with E-state index in [0.29, 0.717) is 6.61 Å². The molecule has 4 rings (SSSR count). The molecular weight excluding hydrogens is 456 g/mol. The van der Waals surface area contributed by atoms with E-state index in [0.717, 1.165) is 47.3 Å². The Morgan fingerprint density at radius 2 is 1.63 bits per heavy atom. The van der Waals surface area contributed by atoms with Gasteiger partial charge in [0.05, 0.1) is 4.90 Å². The molecule has 3 aromatic rings. The average Bonchev–Trinajstić information content (AvgIpc) is 3.13. The standard InChI is InChI=1S/C29H34N2O3S/c1-22-11-14-25(15-12-22)35(32,33)31-30-21-28(3)17-8-18-29(28,4)26-16-13-23(2)19-27(26)34-20-24-9-6-5-7-10-24/h5-7,9-16,19,21,31H,8,17-18,20H2,1-4H3/b30-21+/t28-,29+/m1/s1. The molecule has 5 nitrogen and oxygen atoms in total. The third-order valence-corrected chi connectivity index (χ3v) is 8.69. The lowest BCUT2D eigenvalue weighted by Gasteiger charge is -2.40. The second kappa shape index (κ2) is 9.86. The summed E-state index contributed by atoms with van der Waals surface area (Å²) in [6, 6.07) is 23.3. The minimum absolute atomic E-state index is 0.203. The number of aryl methyl sites for hydroxylation is 2. The fraction of sp³-hybridized carbons (Fsp3) is 0.345. The number of hydrazone groups is 1. The van der Waals surface area contributed by atoms with Gasteiger partial charge >= 0.3 is 0 Å². The molecule has 35 heavy (non-hydrogen) atoms. The highest BCUT2D eigenvalue weighted by atomic mass is 32.2. The molecule has 0 aliphatic heterocycles. The van der Waals surface area contributed by atoms with E-state index in [4.69, 9.17) is 4.74 Å². The van der Waals surface area contributed by atoms with Crippen LogP contribution in [-0.2, 0) is 22.0 Å². The Morgan fingerprint density at radius 1 is 0.943 bits per heavy atom. The molecule has 1 N–H and O–H groups in total. The molecule has 0 unspecified atom stereocenters. The fourth-order valence-electron chi connectivity index (χ4n) is 4.97. The number of nitrogens with zero attached hydrogens (tertiary/aromatic N) is 1. The van der Waals surface area contributed by atoms with Gasteiger partial charge in [0.25, 0.3) is 10.0 Å². The van der Waals surface area contributed by atoms with Gasteiger partial charge in [0.2, 0.25) is 0 Å². The molecule has 0 spiro atoms. The maximum atomic E-state index is 12.7. The Kier molecular flexibility index (Phi) is 7.04. The number of sulfonamides is 1. The second-order valence-corrected chi connectivity index (χ2v) is 11.7. The molecule has 0 bridgehead atoms. The predicted molar refractivity (Wildman–Crippen MR) is 141 cm³/mol. The molecule has 0 radical (unpaired) electrons. The first-order valence-corrected chi connectivity index (χ1v) is 13.5. The van der Waals surface area contributed by atoms with Crippen LogP contribution in [0.1, 0.15) is 55.4 Å². The van der Waals surface area contributed by atoms with Crippen molar-refractivity contribution in [2.45, 2.75) is 63.9 Å². The summed E-state index contributed by atoms with van der Waals surface area (Å²) in [7, 11) is -3.72. The van der Waals surface area contributed by atoms with Crippen molar-refractivity contribution >= 4 is 16.2 Å². The molecule has 1 aliphatic carbocycles. The third-order valence-electron chi connectivity index (χ3n) is 7.46. The van der Waals surface area contributed by atoms with Crippen LogP contribution in [-0.4, -0.2) is 14.6 Å². The van der Waals surface area contributed by atoms with E-state index in [2.05, 4.69) is 61.0 Å². The van der Waals surface area contributed by atoms with Crippen molar-refractivity contribution in [3.05, 3.63) is 95.1 Å². The van der Waals surface area contributed by atoms with E-state index in [1.807, 2.05) is 25.1 Å². The predicted octanol–water partition coefficient (Wildman–Crippen LogP) is 6.29. The number of nitrogens with one attached hydrogen (secondary N) is 1. The molecule has 1 aliphatic rings. The van der Waals surface area contributed by atoms with Crippen molar-refractivity contribution < 1.29 is 13.2 Å². The molecule has 0 aromatic heterocycles. The van der Waals surface area contributed by atoms with E-state index < -0.39 is 10.0 Å². The van der Waals surface area contributed by atoms with Gasteiger partial charge in [-0.1, -0.05) is 80.4 Å². The third kappa shape index (κ3) is 5.27. The summed E-state index contributed by atoms with van der Waals surface area (Å²) in [5, 5.41) is 4.25. The first-order valence-electron chi connectivity index (χ1n) is 12.0. The van der Waals surface area contributed by atoms with Crippen LogP contribution < -0.4 is 9.57 Å². The van der Waals surface area contributed by atoms with Crippen LogP contribution in [0.4, 0.5) is 0 Å². The largest absolute Gasteiger partial charge is 0.489 e. The molecule has 1 fully saturated rings. The zero-order valence-electron chi connectivity index (χ0n) is 20.9. The monoisotopic (exact) mass is 490 g/mol. The Bertz CT molecular complexity index is 1300. The Morgan fingerprint density at radius 3 is 2.34 bits per heavy atom. The first-order chi connectivity index (χ1) is 16.6. The van der Waals surface area contributed by atoms with Gasteiger partial charge in [-0.05, 0) is 56.0 Å². The Hall–Kier alpha value is -3.12. The van der Waals surface area contributed by atoms with Gasteiger partial charge in [0, 0.05) is 22.6 Å². The van der Waals surface area contributed by atoms with Crippen molar-refractivity contribution in [2.75, 3.05) is 0 Å². The first kappa shape index (κ1) is 25.0. The fourth-order valence-corrected chi connectivity index (χ4v) is 5.76.